The van der Waals surface area contributed by atoms with E-state index < -0.39 is 0 Å². The van der Waals surface area contributed by atoms with E-state index in [1.54, 1.807) is 7.11 Å². The summed E-state index contributed by atoms with van der Waals surface area (Å²) in [6, 6.07) is 16.5. The van der Waals surface area contributed by atoms with Gasteiger partial charge in [-0.15, -0.1) is 0 Å². The van der Waals surface area contributed by atoms with E-state index in [4.69, 9.17) is 10.5 Å². The second kappa shape index (κ2) is 9.42. The zero-order chi connectivity index (χ0) is 19.1. The van der Waals surface area contributed by atoms with Gasteiger partial charge in [-0.2, -0.15) is 0 Å². The molecule has 1 aliphatic rings. The van der Waals surface area contributed by atoms with Crippen molar-refractivity contribution in [2.24, 2.45) is 16.6 Å². The molecule has 5 heteroatoms. The number of aliphatic imine (C=N–C) groups is 1. The molecule has 27 heavy (non-hydrogen) atoms. The second-order valence-corrected chi connectivity index (χ2v) is 7.29. The molecule has 1 fully saturated rings. The molecule has 0 saturated carbocycles. The zero-order valence-corrected chi connectivity index (χ0v) is 16.3. The molecule has 0 unspecified atom stereocenters. The van der Waals surface area contributed by atoms with Crippen LogP contribution in [0.15, 0.2) is 53.5 Å². The van der Waals surface area contributed by atoms with Crippen molar-refractivity contribution in [2.45, 2.75) is 26.3 Å². The standard InChI is InChI=1S/C22H30N4O/c1-17-6-8-19(9-7-17)16-26-12-10-18(11-13-26)15-24-22(23)25-20-4-3-5-21(14-20)27-2/h3-9,14,18H,10-13,15-16H2,1-2H3,(H3,23,24,25). The van der Waals surface area contributed by atoms with Crippen LogP contribution in [-0.2, 0) is 6.54 Å². The molecular weight excluding hydrogens is 336 g/mol. The summed E-state index contributed by atoms with van der Waals surface area (Å²) in [7, 11) is 1.65. The van der Waals surface area contributed by atoms with Crippen molar-refractivity contribution in [3.8, 4) is 5.75 Å². The Morgan fingerprint density at radius 2 is 1.93 bits per heavy atom. The molecule has 2 aromatic rings. The van der Waals surface area contributed by atoms with Crippen molar-refractivity contribution in [3.05, 3.63) is 59.7 Å². The zero-order valence-electron chi connectivity index (χ0n) is 16.3. The van der Waals surface area contributed by atoms with Crippen molar-refractivity contribution in [3.63, 3.8) is 0 Å². The summed E-state index contributed by atoms with van der Waals surface area (Å²) < 4.78 is 5.22. The first-order valence-electron chi connectivity index (χ1n) is 9.61. The lowest BCUT2D eigenvalue weighted by Gasteiger charge is -2.31. The minimum Gasteiger partial charge on any atom is -0.497 e. The van der Waals surface area contributed by atoms with Gasteiger partial charge in [-0.1, -0.05) is 35.9 Å². The number of ether oxygens (including phenoxy) is 1. The van der Waals surface area contributed by atoms with Crippen LogP contribution in [0.3, 0.4) is 0 Å². The number of guanidine groups is 1. The lowest BCUT2D eigenvalue weighted by atomic mass is 9.96. The minimum atomic E-state index is 0.463. The summed E-state index contributed by atoms with van der Waals surface area (Å²) in [6.07, 6.45) is 2.34. The number of nitrogens with zero attached hydrogens (tertiary/aromatic N) is 2. The van der Waals surface area contributed by atoms with E-state index >= 15 is 0 Å². The number of aryl methyl sites for hydroxylation is 1. The van der Waals surface area contributed by atoms with Crippen molar-refractivity contribution in [1.29, 1.82) is 0 Å². The average Bonchev–Trinajstić information content (AvgIpc) is 2.69. The summed E-state index contributed by atoms with van der Waals surface area (Å²) in [5.74, 6) is 1.86. The van der Waals surface area contributed by atoms with Crippen LogP contribution in [0.2, 0.25) is 0 Å². The molecule has 5 nitrogen and oxygen atoms in total. The molecule has 3 N–H and O–H groups in total. The van der Waals surface area contributed by atoms with Crippen molar-refractivity contribution in [2.75, 3.05) is 32.1 Å². The van der Waals surface area contributed by atoms with Gasteiger partial charge in [-0.05, 0) is 56.5 Å². The maximum absolute atomic E-state index is 6.04. The molecular formula is C22H30N4O. The van der Waals surface area contributed by atoms with Crippen LogP contribution in [0.25, 0.3) is 0 Å². The number of nitrogens with one attached hydrogen (secondary N) is 1. The number of anilines is 1. The van der Waals surface area contributed by atoms with E-state index in [0.29, 0.717) is 11.9 Å². The quantitative estimate of drug-likeness (QED) is 0.605. The van der Waals surface area contributed by atoms with Crippen LogP contribution in [0, 0.1) is 12.8 Å². The van der Waals surface area contributed by atoms with E-state index in [1.807, 2.05) is 24.3 Å². The summed E-state index contributed by atoms with van der Waals surface area (Å²) in [6.45, 7) is 6.19. The molecule has 0 aromatic heterocycles. The number of piperidine rings is 1. The molecule has 0 radical (unpaired) electrons. The molecule has 2 aromatic carbocycles. The van der Waals surface area contributed by atoms with Gasteiger partial charge in [0.2, 0.25) is 0 Å². The Labute approximate surface area is 162 Å². The first kappa shape index (κ1) is 19.2. The van der Waals surface area contributed by atoms with Gasteiger partial charge < -0.3 is 15.8 Å². The molecule has 0 spiro atoms. The van der Waals surface area contributed by atoms with Gasteiger partial charge in [0.1, 0.15) is 5.75 Å². The third-order valence-corrected chi connectivity index (χ3v) is 5.10. The SMILES string of the molecule is COc1cccc(NC(N)=NCC2CCN(Cc3ccc(C)cc3)CC2)c1. The van der Waals surface area contributed by atoms with Crippen LogP contribution in [0.1, 0.15) is 24.0 Å². The lowest BCUT2D eigenvalue weighted by molar-refractivity contribution is 0.180. The fourth-order valence-corrected chi connectivity index (χ4v) is 3.39. The Bertz CT molecular complexity index is 749. The van der Waals surface area contributed by atoms with Crippen LogP contribution < -0.4 is 15.8 Å². The molecule has 0 bridgehead atoms. The predicted molar refractivity (Wildman–Crippen MR) is 112 cm³/mol. The van der Waals surface area contributed by atoms with Gasteiger partial charge in [0.05, 0.1) is 7.11 Å². The van der Waals surface area contributed by atoms with Crippen LogP contribution >= 0.6 is 0 Å². The maximum atomic E-state index is 6.04. The van der Waals surface area contributed by atoms with Gasteiger partial charge in [0, 0.05) is 24.8 Å². The topological polar surface area (TPSA) is 62.9 Å². The fraction of sp³-hybridized carbons (Fsp3) is 0.409. The van der Waals surface area contributed by atoms with Gasteiger partial charge in [0.15, 0.2) is 5.96 Å². The summed E-state index contributed by atoms with van der Waals surface area (Å²) >= 11 is 0. The Morgan fingerprint density at radius 3 is 2.63 bits per heavy atom. The number of hydrogen-bond acceptors (Lipinski definition) is 3. The van der Waals surface area contributed by atoms with Crippen LogP contribution in [0.4, 0.5) is 5.69 Å². The maximum Gasteiger partial charge on any atom is 0.193 e. The molecule has 3 rings (SSSR count). The Morgan fingerprint density at radius 1 is 1.19 bits per heavy atom. The second-order valence-electron chi connectivity index (χ2n) is 7.29. The van der Waals surface area contributed by atoms with E-state index in [1.165, 1.54) is 24.0 Å². The number of hydrogen-bond donors (Lipinski definition) is 2. The van der Waals surface area contributed by atoms with Gasteiger partial charge in [-0.25, -0.2) is 0 Å². The first-order chi connectivity index (χ1) is 13.1. The largest absolute Gasteiger partial charge is 0.497 e. The Kier molecular flexibility index (Phi) is 6.71. The number of rotatable bonds is 6. The number of likely N-dealkylation sites (tertiary alicyclic amines) is 1. The van der Waals surface area contributed by atoms with E-state index in [-0.39, 0.29) is 0 Å². The van der Waals surface area contributed by atoms with Crippen LogP contribution in [-0.4, -0.2) is 37.6 Å². The van der Waals surface area contributed by atoms with Gasteiger partial charge in [0.25, 0.3) is 0 Å². The molecule has 0 aliphatic carbocycles. The van der Waals surface area contributed by atoms with E-state index in [0.717, 1.165) is 37.6 Å². The first-order valence-corrected chi connectivity index (χ1v) is 9.61. The van der Waals surface area contributed by atoms with Crippen LogP contribution in [0.5, 0.6) is 5.75 Å². The molecule has 1 heterocycles. The molecule has 0 amide bonds. The smallest absolute Gasteiger partial charge is 0.193 e. The normalized spacial score (nSPS) is 16.3. The van der Waals surface area contributed by atoms with Crippen molar-refractivity contribution < 1.29 is 4.74 Å². The highest BCUT2D eigenvalue weighted by atomic mass is 16.5. The fourth-order valence-electron chi connectivity index (χ4n) is 3.39. The Hall–Kier alpha value is -2.53. The molecule has 1 aliphatic heterocycles. The van der Waals surface area contributed by atoms with Crippen molar-refractivity contribution in [1.82, 2.24) is 4.90 Å². The third-order valence-electron chi connectivity index (χ3n) is 5.10. The van der Waals surface area contributed by atoms with Gasteiger partial charge >= 0.3 is 0 Å². The van der Waals surface area contributed by atoms with Crippen molar-refractivity contribution >= 4 is 11.6 Å². The number of nitrogens with two attached hydrogens (primary N) is 1. The van der Waals surface area contributed by atoms with E-state index in [2.05, 4.69) is 46.4 Å². The monoisotopic (exact) mass is 366 g/mol. The summed E-state index contributed by atoms with van der Waals surface area (Å²) in [5, 5.41) is 3.14. The highest BCUT2D eigenvalue weighted by Gasteiger charge is 2.19. The molecule has 0 atom stereocenters. The van der Waals surface area contributed by atoms with Gasteiger partial charge in [-0.3, -0.25) is 9.89 Å². The lowest BCUT2D eigenvalue weighted by Crippen LogP contribution is -2.34. The highest BCUT2D eigenvalue weighted by Crippen LogP contribution is 2.20. The van der Waals surface area contributed by atoms with E-state index in [9.17, 15) is 0 Å². The summed E-state index contributed by atoms with van der Waals surface area (Å²) in [5.41, 5.74) is 9.64. The predicted octanol–water partition coefficient (Wildman–Crippen LogP) is 3.64. The molecule has 144 valence electrons. The summed E-state index contributed by atoms with van der Waals surface area (Å²) in [4.78, 5) is 7.07. The third kappa shape index (κ3) is 6.00. The molecule has 1 saturated heterocycles. The highest BCUT2D eigenvalue weighted by molar-refractivity contribution is 5.92. The minimum absolute atomic E-state index is 0.463. The Balaban J connectivity index is 1.43. The average molecular weight is 367 g/mol. The number of methoxy groups -OCH3 is 1. The number of benzene rings is 2.